The molecule has 0 unspecified atom stereocenters. The number of alkyl halides is 2. The van der Waals surface area contributed by atoms with Crippen molar-refractivity contribution in [3.05, 3.63) is 48.6 Å². The monoisotopic (exact) mass is 211 g/mol. The van der Waals surface area contributed by atoms with Gasteiger partial charge >= 0.3 is 0 Å². The van der Waals surface area contributed by atoms with Crippen molar-refractivity contribution >= 4 is 0 Å². The lowest BCUT2D eigenvalue weighted by Gasteiger charge is -2.17. The van der Waals surface area contributed by atoms with Gasteiger partial charge in [0.1, 0.15) is 0 Å². The Balaban J connectivity index is 2.48. The molecule has 0 aliphatic carbocycles. The number of hydrogen-bond acceptors (Lipinski definition) is 1. The Kier molecular flexibility index (Phi) is 4.43. The highest BCUT2D eigenvalue weighted by Crippen LogP contribution is 2.26. The van der Waals surface area contributed by atoms with Crippen molar-refractivity contribution in [1.82, 2.24) is 5.32 Å². The highest BCUT2D eigenvalue weighted by atomic mass is 19.3. The van der Waals surface area contributed by atoms with Crippen LogP contribution in [0.4, 0.5) is 8.78 Å². The summed E-state index contributed by atoms with van der Waals surface area (Å²) < 4.78 is 27.0. The molecular formula is C12H15F2N. The first-order valence-corrected chi connectivity index (χ1v) is 4.92. The third kappa shape index (κ3) is 3.80. The first kappa shape index (κ1) is 11.9. The third-order valence-electron chi connectivity index (χ3n) is 2.07. The minimum Gasteiger partial charge on any atom is -0.311 e. The van der Waals surface area contributed by atoms with Crippen molar-refractivity contribution in [1.29, 1.82) is 0 Å². The van der Waals surface area contributed by atoms with E-state index >= 15 is 0 Å². The van der Waals surface area contributed by atoms with E-state index in [4.69, 9.17) is 0 Å². The van der Waals surface area contributed by atoms with Gasteiger partial charge in [-0.3, -0.25) is 0 Å². The summed E-state index contributed by atoms with van der Waals surface area (Å²) in [6.07, 6.45) is 2.40. The summed E-state index contributed by atoms with van der Waals surface area (Å²) in [6, 6.07) is 7.84. The van der Waals surface area contributed by atoms with E-state index in [9.17, 15) is 8.78 Å². The summed E-state index contributed by atoms with van der Waals surface area (Å²) >= 11 is 0. The predicted octanol–water partition coefficient (Wildman–Crippen LogP) is 2.94. The zero-order chi connectivity index (χ0) is 11.1. The molecule has 3 heteroatoms. The summed E-state index contributed by atoms with van der Waals surface area (Å²) in [5.74, 6) is -2.80. The molecular weight excluding hydrogens is 196 g/mol. The van der Waals surface area contributed by atoms with Gasteiger partial charge in [-0.1, -0.05) is 36.4 Å². The molecule has 0 saturated heterocycles. The summed E-state index contributed by atoms with van der Waals surface area (Å²) in [5, 5.41) is 2.70. The van der Waals surface area contributed by atoms with Gasteiger partial charge < -0.3 is 5.32 Å². The van der Waals surface area contributed by atoms with Crippen molar-refractivity contribution in [3.63, 3.8) is 0 Å². The van der Waals surface area contributed by atoms with Gasteiger partial charge in [-0.15, -0.1) is 6.58 Å². The zero-order valence-electron chi connectivity index (χ0n) is 8.55. The molecule has 1 aromatic rings. The lowest BCUT2D eigenvalue weighted by molar-refractivity contribution is -0.00281. The Morgan fingerprint density at radius 3 is 2.53 bits per heavy atom. The molecule has 1 nitrogen and oxygen atoms in total. The number of nitrogens with one attached hydrogen (secondary N) is 1. The Bertz CT molecular complexity index is 296. The van der Waals surface area contributed by atoms with Gasteiger partial charge in [-0.05, 0) is 13.0 Å². The Labute approximate surface area is 88.8 Å². The van der Waals surface area contributed by atoms with Gasteiger partial charge in [-0.25, -0.2) is 0 Å². The molecule has 0 saturated carbocycles. The van der Waals surface area contributed by atoms with Crippen molar-refractivity contribution in [2.75, 3.05) is 13.1 Å². The van der Waals surface area contributed by atoms with Crippen molar-refractivity contribution in [3.8, 4) is 0 Å². The van der Waals surface area contributed by atoms with Crippen molar-refractivity contribution in [2.45, 2.75) is 12.3 Å². The van der Waals surface area contributed by atoms with E-state index in [1.807, 2.05) is 0 Å². The smallest absolute Gasteiger partial charge is 0.285 e. The second kappa shape index (κ2) is 5.61. The van der Waals surface area contributed by atoms with E-state index in [1.54, 1.807) is 24.3 Å². The zero-order valence-corrected chi connectivity index (χ0v) is 8.55. The third-order valence-corrected chi connectivity index (χ3v) is 2.07. The quantitative estimate of drug-likeness (QED) is 0.563. The molecule has 0 aromatic heterocycles. The minimum absolute atomic E-state index is 0.0519. The van der Waals surface area contributed by atoms with Crippen LogP contribution < -0.4 is 5.32 Å². The van der Waals surface area contributed by atoms with Crippen LogP contribution in [0.2, 0.25) is 0 Å². The van der Waals surface area contributed by atoms with Crippen LogP contribution in [0.3, 0.4) is 0 Å². The molecule has 0 aliphatic heterocycles. The van der Waals surface area contributed by atoms with E-state index in [0.29, 0.717) is 13.0 Å². The molecule has 0 heterocycles. The maximum Gasteiger partial charge on any atom is 0.285 e. The topological polar surface area (TPSA) is 12.0 Å². The highest BCUT2D eigenvalue weighted by molar-refractivity contribution is 5.20. The largest absolute Gasteiger partial charge is 0.311 e. The fourth-order valence-electron chi connectivity index (χ4n) is 1.23. The summed E-state index contributed by atoms with van der Waals surface area (Å²) in [7, 11) is 0. The maximum atomic E-state index is 13.5. The molecule has 0 spiro atoms. The summed E-state index contributed by atoms with van der Waals surface area (Å²) in [4.78, 5) is 0. The molecule has 1 rings (SSSR count). The van der Waals surface area contributed by atoms with E-state index < -0.39 is 5.92 Å². The van der Waals surface area contributed by atoms with Crippen LogP contribution in [0.5, 0.6) is 0 Å². The molecule has 1 N–H and O–H groups in total. The predicted molar refractivity (Wildman–Crippen MR) is 58.0 cm³/mol. The molecule has 0 bridgehead atoms. The number of hydrogen-bond donors (Lipinski definition) is 1. The molecule has 82 valence electrons. The van der Waals surface area contributed by atoms with Crippen LogP contribution in [-0.4, -0.2) is 13.1 Å². The SMILES string of the molecule is C=CCCNCC(F)(F)c1ccccc1. The molecule has 0 aliphatic rings. The van der Waals surface area contributed by atoms with E-state index in [2.05, 4.69) is 11.9 Å². The highest BCUT2D eigenvalue weighted by Gasteiger charge is 2.30. The van der Waals surface area contributed by atoms with Gasteiger partial charge in [0.05, 0.1) is 6.54 Å². The number of benzene rings is 1. The van der Waals surface area contributed by atoms with Crippen LogP contribution in [0, 0.1) is 0 Å². The number of halogens is 2. The average molecular weight is 211 g/mol. The number of rotatable bonds is 6. The van der Waals surface area contributed by atoms with E-state index in [-0.39, 0.29) is 12.1 Å². The second-order valence-electron chi connectivity index (χ2n) is 3.32. The first-order valence-electron chi connectivity index (χ1n) is 4.92. The van der Waals surface area contributed by atoms with E-state index in [0.717, 1.165) is 0 Å². The average Bonchev–Trinajstić information content (AvgIpc) is 2.26. The standard InChI is InChI=1S/C12H15F2N/c1-2-3-9-15-10-12(13,14)11-7-5-4-6-8-11/h2,4-8,15H,1,3,9-10H2. The van der Waals surface area contributed by atoms with E-state index in [1.165, 1.54) is 12.1 Å². The Morgan fingerprint density at radius 1 is 1.27 bits per heavy atom. The van der Waals surface area contributed by atoms with Crippen LogP contribution in [0.15, 0.2) is 43.0 Å². The normalized spacial score (nSPS) is 11.3. The van der Waals surface area contributed by atoms with Gasteiger partial charge in [-0.2, -0.15) is 8.78 Å². The van der Waals surface area contributed by atoms with Gasteiger partial charge in [0.15, 0.2) is 0 Å². The maximum absolute atomic E-state index is 13.5. The summed E-state index contributed by atoms with van der Waals surface area (Å²) in [6.45, 7) is 3.73. The molecule has 1 aromatic carbocycles. The van der Waals surface area contributed by atoms with Crippen molar-refractivity contribution in [2.24, 2.45) is 0 Å². The fraction of sp³-hybridized carbons (Fsp3) is 0.333. The molecule has 0 radical (unpaired) electrons. The molecule has 0 amide bonds. The van der Waals surface area contributed by atoms with Crippen LogP contribution in [0.25, 0.3) is 0 Å². The minimum atomic E-state index is -2.80. The summed E-state index contributed by atoms with van der Waals surface area (Å²) in [5.41, 5.74) is 0.0519. The molecule has 15 heavy (non-hydrogen) atoms. The van der Waals surface area contributed by atoms with Gasteiger partial charge in [0.2, 0.25) is 0 Å². The van der Waals surface area contributed by atoms with Crippen molar-refractivity contribution < 1.29 is 8.78 Å². The second-order valence-corrected chi connectivity index (χ2v) is 3.32. The van der Waals surface area contributed by atoms with Gasteiger partial charge in [0, 0.05) is 5.56 Å². The van der Waals surface area contributed by atoms with Crippen LogP contribution in [0.1, 0.15) is 12.0 Å². The first-order chi connectivity index (χ1) is 7.17. The lowest BCUT2D eigenvalue weighted by atomic mass is 10.1. The van der Waals surface area contributed by atoms with Crippen LogP contribution >= 0.6 is 0 Å². The fourth-order valence-corrected chi connectivity index (χ4v) is 1.23. The van der Waals surface area contributed by atoms with Crippen LogP contribution in [-0.2, 0) is 5.92 Å². The molecule has 0 atom stereocenters. The Morgan fingerprint density at radius 2 is 1.93 bits per heavy atom. The lowest BCUT2D eigenvalue weighted by Crippen LogP contribution is -2.31. The Hall–Kier alpha value is -1.22. The molecule has 0 fully saturated rings. The van der Waals surface area contributed by atoms with Gasteiger partial charge in [0.25, 0.3) is 5.92 Å².